The van der Waals surface area contributed by atoms with E-state index in [0.717, 1.165) is 0 Å². The lowest BCUT2D eigenvalue weighted by Gasteiger charge is -2.15. The Morgan fingerprint density at radius 2 is 2.28 bits per heavy atom. The molecule has 1 heterocycles. The summed E-state index contributed by atoms with van der Waals surface area (Å²) in [5.74, 6) is -0.794. The molecule has 0 fully saturated rings. The van der Waals surface area contributed by atoms with Crippen LogP contribution in [-0.2, 0) is 4.79 Å². The molecule has 0 aliphatic carbocycles. The Morgan fingerprint density at radius 3 is 2.94 bits per heavy atom. The summed E-state index contributed by atoms with van der Waals surface area (Å²) in [5.41, 5.74) is 6.19. The molecule has 94 valence electrons. The third-order valence-corrected chi connectivity index (χ3v) is 2.45. The maximum absolute atomic E-state index is 11.8. The first-order chi connectivity index (χ1) is 8.47. The van der Waals surface area contributed by atoms with Gasteiger partial charge < -0.3 is 15.7 Å². The SMILES string of the molecule is CN(CC(=O)O)c1nc2ccc(N)cc2c(=O)[nH]1. The average Bonchev–Trinajstić information content (AvgIpc) is 2.29. The van der Waals surface area contributed by atoms with Gasteiger partial charge in [-0.05, 0) is 18.2 Å². The van der Waals surface area contributed by atoms with E-state index in [9.17, 15) is 9.59 Å². The lowest BCUT2D eigenvalue weighted by molar-refractivity contribution is -0.135. The van der Waals surface area contributed by atoms with Crippen molar-refractivity contribution < 1.29 is 9.90 Å². The summed E-state index contributed by atoms with van der Waals surface area (Å²) in [5, 5.41) is 9.06. The van der Waals surface area contributed by atoms with Crippen molar-refractivity contribution in [3.63, 3.8) is 0 Å². The maximum atomic E-state index is 11.8. The third kappa shape index (κ3) is 2.24. The number of aliphatic carboxylic acids is 1. The second-order valence-corrected chi connectivity index (χ2v) is 3.92. The van der Waals surface area contributed by atoms with Gasteiger partial charge in [0.25, 0.3) is 5.56 Å². The highest BCUT2D eigenvalue weighted by Gasteiger charge is 2.10. The van der Waals surface area contributed by atoms with Crippen molar-refractivity contribution in [2.75, 3.05) is 24.2 Å². The summed E-state index contributed by atoms with van der Waals surface area (Å²) in [6, 6.07) is 4.79. The number of H-pyrrole nitrogens is 1. The van der Waals surface area contributed by atoms with Gasteiger partial charge in [-0.1, -0.05) is 0 Å². The van der Waals surface area contributed by atoms with E-state index >= 15 is 0 Å². The van der Waals surface area contributed by atoms with Crippen LogP contribution in [0, 0.1) is 0 Å². The number of nitrogens with zero attached hydrogens (tertiary/aromatic N) is 2. The summed E-state index contributed by atoms with van der Waals surface area (Å²) in [6.07, 6.45) is 0. The molecule has 1 aromatic heterocycles. The molecule has 0 saturated carbocycles. The van der Waals surface area contributed by atoms with Gasteiger partial charge >= 0.3 is 5.97 Å². The second-order valence-electron chi connectivity index (χ2n) is 3.92. The Morgan fingerprint density at radius 1 is 1.56 bits per heavy atom. The van der Waals surface area contributed by atoms with Gasteiger partial charge in [0, 0.05) is 12.7 Å². The summed E-state index contributed by atoms with van der Waals surface area (Å²) in [7, 11) is 1.54. The van der Waals surface area contributed by atoms with Gasteiger partial charge in [0.1, 0.15) is 6.54 Å². The van der Waals surface area contributed by atoms with Gasteiger partial charge in [-0.2, -0.15) is 0 Å². The molecule has 0 amide bonds. The van der Waals surface area contributed by atoms with Crippen LogP contribution >= 0.6 is 0 Å². The van der Waals surface area contributed by atoms with E-state index in [1.807, 2.05) is 0 Å². The smallest absolute Gasteiger partial charge is 0.323 e. The zero-order valence-corrected chi connectivity index (χ0v) is 9.67. The van der Waals surface area contributed by atoms with Crippen molar-refractivity contribution in [1.82, 2.24) is 9.97 Å². The molecule has 0 atom stereocenters. The van der Waals surface area contributed by atoms with Crippen molar-refractivity contribution in [2.24, 2.45) is 0 Å². The molecule has 7 heteroatoms. The van der Waals surface area contributed by atoms with Crippen LogP contribution in [0.4, 0.5) is 11.6 Å². The molecule has 4 N–H and O–H groups in total. The first kappa shape index (κ1) is 11.9. The highest BCUT2D eigenvalue weighted by molar-refractivity contribution is 5.82. The number of aromatic amines is 1. The minimum atomic E-state index is -1.00. The largest absolute Gasteiger partial charge is 0.480 e. The van der Waals surface area contributed by atoms with Gasteiger partial charge in [-0.25, -0.2) is 4.98 Å². The van der Waals surface area contributed by atoms with E-state index in [4.69, 9.17) is 10.8 Å². The number of nitrogen functional groups attached to an aromatic ring is 1. The van der Waals surface area contributed by atoms with Gasteiger partial charge in [0.15, 0.2) is 0 Å². The third-order valence-electron chi connectivity index (χ3n) is 2.45. The van der Waals surface area contributed by atoms with Crippen molar-refractivity contribution >= 4 is 28.5 Å². The quantitative estimate of drug-likeness (QED) is 0.660. The van der Waals surface area contributed by atoms with Crippen molar-refractivity contribution in [3.05, 3.63) is 28.6 Å². The highest BCUT2D eigenvalue weighted by atomic mass is 16.4. The minimum absolute atomic E-state index is 0.208. The molecule has 2 aromatic rings. The Bertz CT molecular complexity index is 665. The number of carboxylic acids is 1. The zero-order valence-electron chi connectivity index (χ0n) is 9.67. The fraction of sp³-hybridized carbons (Fsp3) is 0.182. The topological polar surface area (TPSA) is 112 Å². The summed E-state index contributed by atoms with van der Waals surface area (Å²) >= 11 is 0. The van der Waals surface area contributed by atoms with E-state index in [2.05, 4.69) is 9.97 Å². The lowest BCUT2D eigenvalue weighted by Crippen LogP contribution is -2.28. The lowest BCUT2D eigenvalue weighted by atomic mass is 10.2. The Labute approximate surface area is 102 Å². The van der Waals surface area contributed by atoms with Crippen molar-refractivity contribution in [1.29, 1.82) is 0 Å². The number of fused-ring (bicyclic) bond motifs is 1. The van der Waals surface area contributed by atoms with Crippen molar-refractivity contribution in [3.8, 4) is 0 Å². The molecule has 18 heavy (non-hydrogen) atoms. The maximum Gasteiger partial charge on any atom is 0.323 e. The predicted molar refractivity (Wildman–Crippen MR) is 67.7 cm³/mol. The summed E-state index contributed by atoms with van der Waals surface area (Å²) in [6.45, 7) is -0.247. The number of hydrogen-bond donors (Lipinski definition) is 3. The van der Waals surface area contributed by atoms with Crippen LogP contribution in [0.2, 0.25) is 0 Å². The molecular weight excluding hydrogens is 236 g/mol. The van der Waals surface area contributed by atoms with Gasteiger partial charge in [-0.3, -0.25) is 14.6 Å². The predicted octanol–water partition coefficient (Wildman–Crippen LogP) is 0.0261. The standard InChI is InChI=1S/C11H12N4O3/c1-15(5-9(16)17)11-13-8-3-2-6(12)4-7(8)10(18)14-11/h2-4H,5,12H2,1H3,(H,16,17)(H,13,14,18). The molecule has 0 aliphatic heterocycles. The number of hydrogen-bond acceptors (Lipinski definition) is 5. The fourth-order valence-corrected chi connectivity index (χ4v) is 1.60. The van der Waals surface area contributed by atoms with E-state index in [-0.39, 0.29) is 18.1 Å². The second kappa shape index (κ2) is 4.36. The molecule has 0 spiro atoms. The van der Waals surface area contributed by atoms with Crippen molar-refractivity contribution in [2.45, 2.75) is 0 Å². The number of benzene rings is 1. The Balaban J connectivity index is 2.52. The van der Waals surface area contributed by atoms with E-state index in [1.54, 1.807) is 12.1 Å². The monoisotopic (exact) mass is 248 g/mol. The first-order valence-corrected chi connectivity index (χ1v) is 5.20. The number of rotatable bonds is 3. The van der Waals surface area contributed by atoms with Crippen LogP contribution < -0.4 is 16.2 Å². The van der Waals surface area contributed by atoms with E-state index in [1.165, 1.54) is 18.0 Å². The number of likely N-dealkylation sites (N-methyl/N-ethyl adjacent to an activating group) is 1. The van der Waals surface area contributed by atoms with E-state index in [0.29, 0.717) is 16.6 Å². The molecule has 1 aromatic carbocycles. The van der Waals surface area contributed by atoms with Crippen LogP contribution in [0.3, 0.4) is 0 Å². The number of aromatic nitrogens is 2. The molecular formula is C11H12N4O3. The number of carbonyl (C=O) groups is 1. The molecule has 0 aliphatic rings. The minimum Gasteiger partial charge on any atom is -0.480 e. The molecule has 2 rings (SSSR count). The highest BCUT2D eigenvalue weighted by Crippen LogP contribution is 2.13. The van der Waals surface area contributed by atoms with Crippen LogP contribution in [0.5, 0.6) is 0 Å². The van der Waals surface area contributed by atoms with Crippen LogP contribution in [-0.4, -0.2) is 34.6 Å². The summed E-state index contributed by atoms with van der Waals surface area (Å²) < 4.78 is 0. The summed E-state index contributed by atoms with van der Waals surface area (Å²) in [4.78, 5) is 30.5. The Kier molecular flexibility index (Phi) is 2.88. The van der Waals surface area contributed by atoms with Gasteiger partial charge in [-0.15, -0.1) is 0 Å². The molecule has 0 saturated heterocycles. The van der Waals surface area contributed by atoms with Crippen LogP contribution in [0.15, 0.2) is 23.0 Å². The number of carboxylic acid groups (broad SMARTS) is 1. The Hall–Kier alpha value is -2.57. The first-order valence-electron chi connectivity index (χ1n) is 5.20. The average molecular weight is 248 g/mol. The number of nitrogens with one attached hydrogen (secondary N) is 1. The normalized spacial score (nSPS) is 10.5. The van der Waals surface area contributed by atoms with Gasteiger partial charge in [0.05, 0.1) is 10.9 Å². The van der Waals surface area contributed by atoms with Crippen LogP contribution in [0.1, 0.15) is 0 Å². The zero-order chi connectivity index (χ0) is 13.3. The van der Waals surface area contributed by atoms with Crippen LogP contribution in [0.25, 0.3) is 10.9 Å². The molecule has 0 unspecified atom stereocenters. The number of anilines is 2. The number of nitrogens with two attached hydrogens (primary N) is 1. The molecule has 0 radical (unpaired) electrons. The molecule has 7 nitrogen and oxygen atoms in total. The van der Waals surface area contributed by atoms with E-state index < -0.39 is 5.97 Å². The van der Waals surface area contributed by atoms with Gasteiger partial charge in [0.2, 0.25) is 5.95 Å². The fourth-order valence-electron chi connectivity index (χ4n) is 1.60. The molecule has 0 bridgehead atoms.